The first-order chi connectivity index (χ1) is 12.9. The Morgan fingerprint density at radius 2 is 1.08 bits per heavy atom. The molecule has 0 fully saturated rings. The average Bonchev–Trinajstić information content (AvgIpc) is 3.21. The van der Waals surface area contributed by atoms with Crippen LogP contribution in [0.25, 0.3) is 0 Å². The molecule has 0 aliphatic heterocycles. The molecule has 0 bridgehead atoms. The molecule has 0 aromatic heterocycles. The number of hydrogen-bond acceptors (Lipinski definition) is 0. The van der Waals surface area contributed by atoms with Gasteiger partial charge < -0.3 is 0 Å². The standard InChI is InChI=1S/C26H24/c1-2-21-18-19-25(20-21)26(22-12-6-3-7-13-22,23-14-8-4-9-15-23)24-16-10-5-11-17-24/h3-18,20H,2,19H2,1H3. The van der Waals surface area contributed by atoms with Crippen molar-refractivity contribution in [1.29, 1.82) is 0 Å². The Labute approximate surface area is 156 Å². The molecule has 0 radical (unpaired) electrons. The summed E-state index contributed by atoms with van der Waals surface area (Å²) in [4.78, 5) is 0. The van der Waals surface area contributed by atoms with Gasteiger partial charge in [0.05, 0.1) is 5.41 Å². The van der Waals surface area contributed by atoms with Crippen LogP contribution >= 0.6 is 0 Å². The third-order valence-electron chi connectivity index (χ3n) is 5.45. The third-order valence-corrected chi connectivity index (χ3v) is 5.45. The molecule has 1 aliphatic rings. The summed E-state index contributed by atoms with van der Waals surface area (Å²) in [5.74, 6) is 0. The van der Waals surface area contributed by atoms with E-state index in [2.05, 4.69) is 110 Å². The Bertz CT molecular complexity index is 819. The topological polar surface area (TPSA) is 0 Å². The van der Waals surface area contributed by atoms with Crippen LogP contribution in [0.1, 0.15) is 36.5 Å². The smallest absolute Gasteiger partial charge is 0.0667 e. The SMILES string of the molecule is CCC1=CCC(C(c2ccccc2)(c2ccccc2)c2ccccc2)=C1. The molecule has 0 heterocycles. The minimum absolute atomic E-state index is 0.253. The van der Waals surface area contributed by atoms with Crippen LogP contribution in [0.4, 0.5) is 0 Å². The molecule has 1 aliphatic carbocycles. The molecule has 0 amide bonds. The van der Waals surface area contributed by atoms with Gasteiger partial charge in [0, 0.05) is 0 Å². The first-order valence-corrected chi connectivity index (χ1v) is 9.42. The fourth-order valence-corrected chi connectivity index (χ4v) is 4.21. The van der Waals surface area contributed by atoms with Crippen LogP contribution in [0.2, 0.25) is 0 Å². The zero-order valence-electron chi connectivity index (χ0n) is 15.2. The van der Waals surface area contributed by atoms with Gasteiger partial charge >= 0.3 is 0 Å². The number of rotatable bonds is 5. The lowest BCUT2D eigenvalue weighted by molar-refractivity contribution is 0.711. The van der Waals surface area contributed by atoms with Crippen LogP contribution < -0.4 is 0 Å². The Hall–Kier alpha value is -2.86. The Balaban J connectivity index is 2.05. The van der Waals surface area contributed by atoms with Crippen LogP contribution in [0.5, 0.6) is 0 Å². The van der Waals surface area contributed by atoms with Crippen LogP contribution in [-0.4, -0.2) is 0 Å². The fraction of sp³-hybridized carbons (Fsp3) is 0.154. The van der Waals surface area contributed by atoms with E-state index in [1.807, 2.05) is 0 Å². The molecule has 0 N–H and O–H groups in total. The largest absolute Gasteiger partial charge is 0.0772 e. The molecule has 4 rings (SSSR count). The summed E-state index contributed by atoms with van der Waals surface area (Å²) in [5.41, 5.74) is 6.63. The van der Waals surface area contributed by atoms with E-state index in [1.54, 1.807) is 0 Å². The highest BCUT2D eigenvalue weighted by molar-refractivity contribution is 5.61. The van der Waals surface area contributed by atoms with E-state index in [0.29, 0.717) is 0 Å². The second kappa shape index (κ2) is 7.17. The van der Waals surface area contributed by atoms with Crippen molar-refractivity contribution in [2.45, 2.75) is 25.2 Å². The molecular weight excluding hydrogens is 312 g/mol. The van der Waals surface area contributed by atoms with Gasteiger partial charge in [0.25, 0.3) is 0 Å². The maximum atomic E-state index is 2.42. The molecular formula is C26H24. The molecule has 0 atom stereocenters. The van der Waals surface area contributed by atoms with Crippen molar-refractivity contribution in [1.82, 2.24) is 0 Å². The zero-order valence-corrected chi connectivity index (χ0v) is 15.2. The number of hydrogen-bond donors (Lipinski definition) is 0. The van der Waals surface area contributed by atoms with Crippen molar-refractivity contribution in [3.05, 3.63) is 131 Å². The van der Waals surface area contributed by atoms with Gasteiger partial charge in [-0.1, -0.05) is 116 Å². The molecule has 0 saturated carbocycles. The van der Waals surface area contributed by atoms with Gasteiger partial charge in [-0.25, -0.2) is 0 Å². The molecule has 0 saturated heterocycles. The highest BCUT2D eigenvalue weighted by Gasteiger charge is 2.40. The van der Waals surface area contributed by atoms with Crippen molar-refractivity contribution in [2.24, 2.45) is 0 Å². The van der Waals surface area contributed by atoms with Gasteiger partial charge in [-0.3, -0.25) is 0 Å². The highest BCUT2D eigenvalue weighted by Crippen LogP contribution is 2.48. The first kappa shape index (κ1) is 16.6. The maximum absolute atomic E-state index is 2.42. The van der Waals surface area contributed by atoms with Crippen molar-refractivity contribution in [3.63, 3.8) is 0 Å². The molecule has 26 heavy (non-hydrogen) atoms. The van der Waals surface area contributed by atoms with Crippen molar-refractivity contribution in [3.8, 4) is 0 Å². The van der Waals surface area contributed by atoms with E-state index in [9.17, 15) is 0 Å². The van der Waals surface area contributed by atoms with E-state index in [1.165, 1.54) is 27.8 Å². The van der Waals surface area contributed by atoms with Gasteiger partial charge in [0.2, 0.25) is 0 Å². The summed E-state index contributed by atoms with van der Waals surface area (Å²) < 4.78 is 0. The molecule has 128 valence electrons. The monoisotopic (exact) mass is 336 g/mol. The molecule has 0 spiro atoms. The summed E-state index contributed by atoms with van der Waals surface area (Å²) >= 11 is 0. The Morgan fingerprint density at radius 3 is 1.42 bits per heavy atom. The van der Waals surface area contributed by atoms with Crippen LogP contribution in [0.15, 0.2) is 114 Å². The van der Waals surface area contributed by atoms with Crippen molar-refractivity contribution < 1.29 is 0 Å². The van der Waals surface area contributed by atoms with E-state index < -0.39 is 0 Å². The summed E-state index contributed by atoms with van der Waals surface area (Å²) in [6, 6.07) is 32.8. The normalized spacial score (nSPS) is 14.0. The van der Waals surface area contributed by atoms with Gasteiger partial charge in [-0.15, -0.1) is 0 Å². The minimum Gasteiger partial charge on any atom is -0.0772 e. The van der Waals surface area contributed by atoms with Crippen LogP contribution in [0.3, 0.4) is 0 Å². The van der Waals surface area contributed by atoms with Crippen LogP contribution in [-0.2, 0) is 5.41 Å². The van der Waals surface area contributed by atoms with Gasteiger partial charge in [-0.2, -0.15) is 0 Å². The molecule has 0 unspecified atom stereocenters. The van der Waals surface area contributed by atoms with Crippen molar-refractivity contribution in [2.75, 3.05) is 0 Å². The van der Waals surface area contributed by atoms with Crippen molar-refractivity contribution >= 4 is 0 Å². The van der Waals surface area contributed by atoms with Crippen LogP contribution in [0, 0.1) is 0 Å². The zero-order chi connectivity index (χ0) is 17.8. The van der Waals surface area contributed by atoms with E-state index in [0.717, 1.165) is 12.8 Å². The quantitative estimate of drug-likeness (QED) is 0.455. The summed E-state index contributed by atoms with van der Waals surface area (Å²) in [6.45, 7) is 2.24. The summed E-state index contributed by atoms with van der Waals surface area (Å²) in [6.07, 6.45) is 6.89. The van der Waals surface area contributed by atoms with Gasteiger partial charge in [-0.05, 0) is 35.1 Å². The van der Waals surface area contributed by atoms with E-state index >= 15 is 0 Å². The number of allylic oxidation sites excluding steroid dienone is 4. The molecule has 0 heteroatoms. The molecule has 0 nitrogen and oxygen atoms in total. The Kier molecular flexibility index (Phi) is 4.58. The first-order valence-electron chi connectivity index (χ1n) is 9.42. The molecule has 3 aromatic carbocycles. The fourth-order valence-electron chi connectivity index (χ4n) is 4.21. The predicted molar refractivity (Wildman–Crippen MR) is 110 cm³/mol. The lowest BCUT2D eigenvalue weighted by Crippen LogP contribution is -2.31. The minimum atomic E-state index is -0.253. The van der Waals surface area contributed by atoms with E-state index in [-0.39, 0.29) is 5.41 Å². The lowest BCUT2D eigenvalue weighted by Gasteiger charge is -2.37. The second-order valence-electron chi connectivity index (χ2n) is 6.85. The summed E-state index contributed by atoms with van der Waals surface area (Å²) in [5, 5.41) is 0. The van der Waals surface area contributed by atoms with Gasteiger partial charge in [0.15, 0.2) is 0 Å². The number of benzene rings is 3. The Morgan fingerprint density at radius 1 is 0.654 bits per heavy atom. The lowest BCUT2D eigenvalue weighted by atomic mass is 9.64. The predicted octanol–water partition coefficient (Wildman–Crippen LogP) is 6.69. The van der Waals surface area contributed by atoms with Gasteiger partial charge in [0.1, 0.15) is 0 Å². The molecule has 3 aromatic rings. The second-order valence-corrected chi connectivity index (χ2v) is 6.85. The highest BCUT2D eigenvalue weighted by atomic mass is 14.4. The average molecular weight is 336 g/mol. The maximum Gasteiger partial charge on any atom is 0.0667 e. The van der Waals surface area contributed by atoms with E-state index in [4.69, 9.17) is 0 Å². The summed E-state index contributed by atoms with van der Waals surface area (Å²) in [7, 11) is 0. The third kappa shape index (κ3) is 2.72.